The molecular formula is C23H17N3O. The number of rotatable bonds is 3. The average Bonchev–Trinajstić information content (AvgIpc) is 2.73. The van der Waals surface area contributed by atoms with Crippen molar-refractivity contribution in [2.45, 2.75) is 6.04 Å². The topological polar surface area (TPSA) is 54.0 Å². The fourth-order valence-corrected chi connectivity index (χ4v) is 3.65. The van der Waals surface area contributed by atoms with Crippen molar-refractivity contribution < 1.29 is 4.79 Å². The number of hydrogen-bond donors (Lipinski definition) is 2. The number of benzene rings is 2. The fraction of sp³-hybridized carbons (Fsp3) is 0.0435. The van der Waals surface area contributed by atoms with Crippen LogP contribution in [0.4, 0.5) is 10.5 Å². The molecule has 0 fully saturated rings. The number of nitrogens with zero attached hydrogens (tertiary/aromatic N) is 1. The Balaban J connectivity index is 1.34. The smallest absolute Gasteiger partial charge is 0.320 e. The van der Waals surface area contributed by atoms with Crippen LogP contribution in [0.2, 0.25) is 0 Å². The molecule has 1 unspecified atom stereocenters. The molecule has 1 heterocycles. The van der Waals surface area contributed by atoms with E-state index < -0.39 is 0 Å². The molecule has 0 aliphatic heterocycles. The molecule has 2 aromatic carbocycles. The largest absolute Gasteiger partial charge is 0.327 e. The molecule has 2 amide bonds. The molecule has 4 heteroatoms. The lowest BCUT2D eigenvalue weighted by atomic mass is 9.75. The Kier molecular flexibility index (Phi) is 3.61. The van der Waals surface area contributed by atoms with Gasteiger partial charge in [0.1, 0.15) is 0 Å². The first-order valence-electron chi connectivity index (χ1n) is 8.89. The maximum absolute atomic E-state index is 12.6. The van der Waals surface area contributed by atoms with Gasteiger partial charge in [-0.3, -0.25) is 4.98 Å². The van der Waals surface area contributed by atoms with Gasteiger partial charge in [-0.1, -0.05) is 60.7 Å². The first kappa shape index (κ1) is 15.6. The minimum absolute atomic E-state index is 0.0677. The number of anilines is 1. The third kappa shape index (κ3) is 2.72. The molecule has 0 radical (unpaired) electrons. The number of allylic oxidation sites excluding steroid dienone is 2. The third-order valence-electron chi connectivity index (χ3n) is 5.01. The zero-order valence-electron chi connectivity index (χ0n) is 14.5. The summed E-state index contributed by atoms with van der Waals surface area (Å²) in [4.78, 5) is 16.8. The lowest BCUT2D eigenvalue weighted by Gasteiger charge is -2.35. The fourth-order valence-electron chi connectivity index (χ4n) is 3.65. The van der Waals surface area contributed by atoms with Gasteiger partial charge in [0, 0.05) is 23.2 Å². The highest BCUT2D eigenvalue weighted by Crippen LogP contribution is 2.40. The number of nitrogens with one attached hydrogen (secondary N) is 2. The summed E-state index contributed by atoms with van der Waals surface area (Å²) in [7, 11) is 0. The van der Waals surface area contributed by atoms with E-state index in [0.717, 1.165) is 38.7 Å². The van der Waals surface area contributed by atoms with Crippen LogP contribution in [0.3, 0.4) is 0 Å². The number of carbonyl (C=O) groups excluding carboxylic acids is 1. The number of aromatic nitrogens is 1. The molecule has 2 N–H and O–H groups in total. The molecule has 130 valence electrons. The van der Waals surface area contributed by atoms with Gasteiger partial charge in [-0.05, 0) is 34.4 Å². The molecular weight excluding hydrogens is 334 g/mol. The van der Waals surface area contributed by atoms with Crippen molar-refractivity contribution >= 4 is 28.1 Å². The maximum atomic E-state index is 12.6. The van der Waals surface area contributed by atoms with Crippen LogP contribution in [0, 0.1) is 0 Å². The van der Waals surface area contributed by atoms with Crippen LogP contribution >= 0.6 is 0 Å². The number of pyridine rings is 1. The molecule has 1 atom stereocenters. The Morgan fingerprint density at radius 1 is 0.963 bits per heavy atom. The minimum atomic E-state index is -0.213. The van der Waals surface area contributed by atoms with Gasteiger partial charge < -0.3 is 10.6 Å². The second kappa shape index (κ2) is 6.25. The summed E-state index contributed by atoms with van der Waals surface area (Å²) >= 11 is 0. The number of fused-ring (bicyclic) bond motifs is 3. The predicted molar refractivity (Wildman–Crippen MR) is 108 cm³/mol. The molecule has 5 rings (SSSR count). The van der Waals surface area contributed by atoms with Crippen molar-refractivity contribution in [3.8, 4) is 0 Å². The third-order valence-corrected chi connectivity index (χ3v) is 5.01. The Morgan fingerprint density at radius 2 is 1.85 bits per heavy atom. The van der Waals surface area contributed by atoms with Gasteiger partial charge in [0.15, 0.2) is 0 Å². The summed E-state index contributed by atoms with van der Waals surface area (Å²) in [6.07, 6.45) is 9.85. The summed E-state index contributed by atoms with van der Waals surface area (Å²) in [5.41, 5.74) is 5.37. The molecule has 0 saturated heterocycles. The second-order valence-corrected chi connectivity index (χ2v) is 6.65. The van der Waals surface area contributed by atoms with Gasteiger partial charge in [-0.25, -0.2) is 4.79 Å². The van der Waals surface area contributed by atoms with Gasteiger partial charge >= 0.3 is 6.03 Å². The number of urea groups is 1. The molecule has 3 aromatic rings. The SMILES string of the molecule is O=C(Nc1cccc2cnccc12)NC1c2ccc(-c3ccccc3)c1c2. The quantitative estimate of drug-likeness (QED) is 0.719. The monoisotopic (exact) mass is 351 g/mol. The summed E-state index contributed by atoms with van der Waals surface area (Å²) in [6.45, 7) is 0. The van der Waals surface area contributed by atoms with Crippen LogP contribution in [0.15, 0.2) is 96.4 Å². The summed E-state index contributed by atoms with van der Waals surface area (Å²) in [5, 5.41) is 8.03. The van der Waals surface area contributed by atoms with Crippen LogP contribution in [-0.4, -0.2) is 17.1 Å². The van der Waals surface area contributed by atoms with Crippen molar-refractivity contribution in [1.29, 1.82) is 0 Å². The van der Waals surface area contributed by atoms with Crippen LogP contribution < -0.4 is 10.6 Å². The Hall–Kier alpha value is -3.66. The number of amides is 2. The van der Waals surface area contributed by atoms with E-state index in [9.17, 15) is 4.79 Å². The highest BCUT2D eigenvalue weighted by Gasteiger charge is 2.33. The van der Waals surface area contributed by atoms with E-state index in [1.807, 2.05) is 42.5 Å². The molecule has 0 saturated carbocycles. The van der Waals surface area contributed by atoms with Gasteiger partial charge in [-0.2, -0.15) is 0 Å². The van der Waals surface area contributed by atoms with E-state index in [4.69, 9.17) is 0 Å². The van der Waals surface area contributed by atoms with Crippen molar-refractivity contribution in [3.63, 3.8) is 0 Å². The van der Waals surface area contributed by atoms with E-state index in [2.05, 4.69) is 46.0 Å². The number of hydrogen-bond acceptors (Lipinski definition) is 2. The highest BCUT2D eigenvalue weighted by molar-refractivity contribution is 6.02. The minimum Gasteiger partial charge on any atom is -0.327 e. The summed E-state index contributed by atoms with van der Waals surface area (Å²) in [5.74, 6) is 0. The summed E-state index contributed by atoms with van der Waals surface area (Å²) in [6, 6.07) is 17.7. The zero-order chi connectivity index (χ0) is 18.2. The maximum Gasteiger partial charge on any atom is 0.320 e. The van der Waals surface area contributed by atoms with E-state index >= 15 is 0 Å². The van der Waals surface area contributed by atoms with E-state index in [-0.39, 0.29) is 12.1 Å². The standard InChI is InChI=1S/C23H17N3O/c27-23(25-21-8-4-7-17-14-24-12-11-19(17)21)26-22-16-9-10-18(20(22)13-16)15-5-2-1-3-6-15/h1-14,22H,(H2,25,26,27). The first-order valence-corrected chi connectivity index (χ1v) is 8.89. The Bertz CT molecular complexity index is 1130. The van der Waals surface area contributed by atoms with E-state index in [1.54, 1.807) is 12.4 Å². The van der Waals surface area contributed by atoms with Crippen LogP contribution in [0.25, 0.3) is 16.3 Å². The lowest BCUT2D eigenvalue weighted by molar-refractivity contribution is 0.251. The van der Waals surface area contributed by atoms with Crippen LogP contribution in [0.1, 0.15) is 5.56 Å². The van der Waals surface area contributed by atoms with Crippen molar-refractivity contribution in [2.24, 2.45) is 0 Å². The summed E-state index contributed by atoms with van der Waals surface area (Å²) < 4.78 is 0. The van der Waals surface area contributed by atoms with E-state index in [0.29, 0.717) is 0 Å². The van der Waals surface area contributed by atoms with Gasteiger partial charge in [0.2, 0.25) is 0 Å². The van der Waals surface area contributed by atoms with Crippen LogP contribution in [0.5, 0.6) is 0 Å². The van der Waals surface area contributed by atoms with Gasteiger partial charge in [0.05, 0.1) is 11.7 Å². The van der Waals surface area contributed by atoms with Crippen molar-refractivity contribution in [2.75, 3.05) is 5.32 Å². The van der Waals surface area contributed by atoms with Crippen molar-refractivity contribution in [3.05, 3.63) is 102 Å². The lowest BCUT2D eigenvalue weighted by Crippen LogP contribution is -2.45. The molecule has 0 spiro atoms. The normalized spacial score (nSPS) is 17.3. The Morgan fingerprint density at radius 3 is 2.70 bits per heavy atom. The molecule has 1 aromatic heterocycles. The van der Waals surface area contributed by atoms with Gasteiger partial charge in [-0.15, -0.1) is 0 Å². The zero-order valence-corrected chi connectivity index (χ0v) is 14.5. The van der Waals surface area contributed by atoms with Gasteiger partial charge in [0.25, 0.3) is 0 Å². The van der Waals surface area contributed by atoms with Crippen LogP contribution in [-0.2, 0) is 0 Å². The predicted octanol–water partition coefficient (Wildman–Crippen LogP) is 4.69. The molecule has 2 aliphatic rings. The first-order chi connectivity index (χ1) is 13.3. The second-order valence-electron chi connectivity index (χ2n) is 6.65. The molecule has 27 heavy (non-hydrogen) atoms. The van der Waals surface area contributed by atoms with Crippen molar-refractivity contribution in [1.82, 2.24) is 10.3 Å². The highest BCUT2D eigenvalue weighted by atomic mass is 16.2. The van der Waals surface area contributed by atoms with E-state index in [1.165, 1.54) is 0 Å². The Labute approximate surface area is 156 Å². The number of carbonyl (C=O) groups is 1. The molecule has 2 bridgehead atoms. The molecule has 4 nitrogen and oxygen atoms in total. The molecule has 2 aliphatic carbocycles. The average molecular weight is 351 g/mol.